The second-order valence-corrected chi connectivity index (χ2v) is 7.63. The van der Waals surface area contributed by atoms with E-state index in [0.29, 0.717) is 39.6 Å². The van der Waals surface area contributed by atoms with Crippen molar-refractivity contribution in [1.82, 2.24) is 20.2 Å². The van der Waals surface area contributed by atoms with E-state index in [1.54, 1.807) is 29.4 Å². The number of hydrogen-bond acceptors (Lipinski definition) is 6. The average molecular weight is 439 g/mol. The van der Waals surface area contributed by atoms with Gasteiger partial charge in [0, 0.05) is 24.0 Å². The molecule has 2 aromatic carbocycles. The topological polar surface area (TPSA) is 90.0 Å². The summed E-state index contributed by atoms with van der Waals surface area (Å²) in [7, 11) is 0. The Bertz CT molecular complexity index is 1210. The monoisotopic (exact) mass is 438 g/mol. The van der Waals surface area contributed by atoms with Crippen LogP contribution in [0.25, 0.3) is 11.3 Å². The fourth-order valence-corrected chi connectivity index (χ4v) is 3.78. The van der Waals surface area contributed by atoms with Crippen LogP contribution in [0.5, 0.6) is 0 Å². The van der Waals surface area contributed by atoms with Gasteiger partial charge in [-0.3, -0.25) is 10.00 Å². The third-order valence-electron chi connectivity index (χ3n) is 4.93. The maximum Gasteiger partial charge on any atom is 0.224 e. The first-order valence-corrected chi connectivity index (χ1v) is 9.98. The lowest BCUT2D eigenvalue weighted by Gasteiger charge is -2.34. The van der Waals surface area contributed by atoms with Crippen LogP contribution < -0.4 is 10.2 Å². The molecule has 7 nitrogen and oxygen atoms in total. The molecule has 3 N–H and O–H groups in total. The van der Waals surface area contributed by atoms with E-state index in [1.807, 2.05) is 36.4 Å². The molecule has 0 fully saturated rings. The van der Waals surface area contributed by atoms with Crippen LogP contribution in [-0.2, 0) is 6.54 Å². The van der Waals surface area contributed by atoms with Gasteiger partial charge in [0.05, 0.1) is 27.5 Å². The number of aliphatic hydroxyl groups is 1. The number of nitrogens with one attached hydrogen (secondary N) is 2. The number of aromatic nitrogens is 4. The first-order chi connectivity index (χ1) is 14.6. The molecule has 150 valence electrons. The van der Waals surface area contributed by atoms with E-state index in [9.17, 15) is 5.11 Å². The highest BCUT2D eigenvalue weighted by Gasteiger charge is 2.34. The summed E-state index contributed by atoms with van der Waals surface area (Å²) in [6, 6.07) is 15.0. The van der Waals surface area contributed by atoms with Gasteiger partial charge in [-0.25, -0.2) is 4.98 Å². The predicted molar refractivity (Wildman–Crippen MR) is 117 cm³/mol. The molecule has 0 saturated heterocycles. The first kappa shape index (κ1) is 18.9. The summed E-state index contributed by atoms with van der Waals surface area (Å²) < 4.78 is 0. The van der Waals surface area contributed by atoms with Gasteiger partial charge in [-0.05, 0) is 29.8 Å². The van der Waals surface area contributed by atoms with Crippen molar-refractivity contribution in [3.05, 3.63) is 82.1 Å². The van der Waals surface area contributed by atoms with Crippen molar-refractivity contribution in [2.75, 3.05) is 10.2 Å². The summed E-state index contributed by atoms with van der Waals surface area (Å²) in [5.74, 6) is 1.01. The van der Waals surface area contributed by atoms with Crippen molar-refractivity contribution < 1.29 is 5.11 Å². The molecule has 0 spiro atoms. The van der Waals surface area contributed by atoms with Crippen LogP contribution in [-0.4, -0.2) is 25.3 Å². The normalized spacial score (nSPS) is 14.9. The third-order valence-corrected chi connectivity index (χ3v) is 5.67. The number of aliphatic hydroxyl groups excluding tert-OH is 1. The number of para-hydroxylation sites is 1. The minimum Gasteiger partial charge on any atom is -0.369 e. The Balaban J connectivity index is 1.52. The zero-order valence-corrected chi connectivity index (χ0v) is 17.1. The number of anilines is 3. The molecule has 1 aliphatic heterocycles. The predicted octanol–water partition coefficient (Wildman–Crippen LogP) is 4.93. The van der Waals surface area contributed by atoms with Gasteiger partial charge in [-0.1, -0.05) is 47.5 Å². The first-order valence-electron chi connectivity index (χ1n) is 9.22. The lowest BCUT2D eigenvalue weighted by atomic mass is 10.0. The highest BCUT2D eigenvalue weighted by molar-refractivity contribution is 6.42. The van der Waals surface area contributed by atoms with Crippen molar-refractivity contribution in [3.63, 3.8) is 0 Å². The molecule has 0 bridgehead atoms. The van der Waals surface area contributed by atoms with E-state index in [0.717, 1.165) is 16.8 Å². The van der Waals surface area contributed by atoms with Gasteiger partial charge in [0.1, 0.15) is 0 Å². The van der Waals surface area contributed by atoms with Crippen molar-refractivity contribution in [3.8, 4) is 11.3 Å². The highest BCUT2D eigenvalue weighted by Crippen LogP contribution is 2.45. The molecule has 0 amide bonds. The standard InChI is InChI=1S/C21H16Cl2N6O/c22-16-7-6-12(8-17(16)23)9-24-21-25-10-14-18-15(11-26-28-18)20(30)29(19(14)27-21)13-4-2-1-3-5-13/h1-8,10-11,20,30H,9H2,(H,26,28)(H,24,25,27). The molecule has 9 heteroatoms. The molecule has 2 aromatic heterocycles. The minimum atomic E-state index is -0.925. The fraction of sp³-hybridized carbons (Fsp3) is 0.0952. The van der Waals surface area contributed by atoms with Crippen LogP contribution in [0, 0.1) is 0 Å². The average Bonchev–Trinajstić information content (AvgIpc) is 3.26. The van der Waals surface area contributed by atoms with Gasteiger partial charge in [-0.2, -0.15) is 10.1 Å². The van der Waals surface area contributed by atoms with E-state index in [4.69, 9.17) is 28.2 Å². The quantitative estimate of drug-likeness (QED) is 0.418. The van der Waals surface area contributed by atoms with Crippen LogP contribution in [0.1, 0.15) is 17.4 Å². The molecular formula is C21H16Cl2N6O. The van der Waals surface area contributed by atoms with E-state index in [2.05, 4.69) is 20.5 Å². The van der Waals surface area contributed by atoms with Crippen molar-refractivity contribution in [1.29, 1.82) is 0 Å². The van der Waals surface area contributed by atoms with Crippen LogP contribution in [0.3, 0.4) is 0 Å². The Labute approximate surface area is 182 Å². The van der Waals surface area contributed by atoms with Gasteiger partial charge in [-0.15, -0.1) is 0 Å². The number of fused-ring (bicyclic) bond motifs is 3. The summed E-state index contributed by atoms with van der Waals surface area (Å²) in [5.41, 5.74) is 3.90. The molecule has 3 heterocycles. The molecule has 1 unspecified atom stereocenters. The molecule has 0 saturated carbocycles. The summed E-state index contributed by atoms with van der Waals surface area (Å²) >= 11 is 12.1. The summed E-state index contributed by atoms with van der Waals surface area (Å²) in [6.07, 6.45) is 2.42. The number of rotatable bonds is 4. The Morgan fingerprint density at radius 2 is 1.90 bits per heavy atom. The molecule has 1 aliphatic rings. The SMILES string of the molecule is OC1c2cn[nH]c2-c2cnc(NCc3ccc(Cl)c(Cl)c3)nc2N1c1ccccc1. The summed E-state index contributed by atoms with van der Waals surface area (Å²) in [5, 5.41) is 22.3. The smallest absolute Gasteiger partial charge is 0.224 e. The number of hydrogen-bond donors (Lipinski definition) is 3. The number of benzene rings is 2. The van der Waals surface area contributed by atoms with Gasteiger partial charge in [0.2, 0.25) is 5.95 Å². The van der Waals surface area contributed by atoms with Crippen LogP contribution in [0.15, 0.2) is 60.9 Å². The Kier molecular flexibility index (Phi) is 4.78. The number of H-pyrrole nitrogens is 1. The van der Waals surface area contributed by atoms with Crippen molar-refractivity contribution in [2.45, 2.75) is 12.8 Å². The molecule has 1 atom stereocenters. The Hall–Kier alpha value is -3.13. The molecule has 5 rings (SSSR count). The fourth-order valence-electron chi connectivity index (χ4n) is 3.46. The van der Waals surface area contributed by atoms with E-state index in [1.165, 1.54) is 0 Å². The van der Waals surface area contributed by atoms with Gasteiger partial charge < -0.3 is 10.4 Å². The molecule has 0 radical (unpaired) electrons. The van der Waals surface area contributed by atoms with Crippen molar-refractivity contribution >= 4 is 40.7 Å². The van der Waals surface area contributed by atoms with Crippen LogP contribution >= 0.6 is 23.2 Å². The van der Waals surface area contributed by atoms with Gasteiger partial charge in [0.25, 0.3) is 0 Å². The third kappa shape index (κ3) is 3.27. The second kappa shape index (κ2) is 7.60. The number of aromatic amines is 1. The second-order valence-electron chi connectivity index (χ2n) is 6.81. The Morgan fingerprint density at radius 1 is 1.07 bits per heavy atom. The summed E-state index contributed by atoms with van der Waals surface area (Å²) in [4.78, 5) is 10.9. The molecule has 0 aliphatic carbocycles. The zero-order valence-electron chi connectivity index (χ0n) is 15.5. The molecule has 4 aromatic rings. The van der Waals surface area contributed by atoms with E-state index in [-0.39, 0.29) is 0 Å². The maximum absolute atomic E-state index is 11.0. The highest BCUT2D eigenvalue weighted by atomic mass is 35.5. The molecular weight excluding hydrogens is 423 g/mol. The number of nitrogens with zero attached hydrogens (tertiary/aromatic N) is 4. The van der Waals surface area contributed by atoms with Crippen molar-refractivity contribution in [2.24, 2.45) is 0 Å². The van der Waals surface area contributed by atoms with Gasteiger partial charge in [0.15, 0.2) is 12.0 Å². The Morgan fingerprint density at radius 3 is 2.70 bits per heavy atom. The maximum atomic E-state index is 11.0. The summed E-state index contributed by atoms with van der Waals surface area (Å²) in [6.45, 7) is 0.471. The van der Waals surface area contributed by atoms with Gasteiger partial charge >= 0.3 is 0 Å². The lowest BCUT2D eigenvalue weighted by Crippen LogP contribution is -2.28. The lowest BCUT2D eigenvalue weighted by molar-refractivity contribution is 0.183. The number of halogens is 2. The van der Waals surface area contributed by atoms with E-state index >= 15 is 0 Å². The van der Waals surface area contributed by atoms with Crippen LogP contribution in [0.2, 0.25) is 10.0 Å². The largest absolute Gasteiger partial charge is 0.369 e. The van der Waals surface area contributed by atoms with Crippen LogP contribution in [0.4, 0.5) is 17.5 Å². The minimum absolute atomic E-state index is 0.427. The zero-order chi connectivity index (χ0) is 20.7. The van der Waals surface area contributed by atoms with E-state index < -0.39 is 6.23 Å². The molecule has 30 heavy (non-hydrogen) atoms.